The molecule has 0 saturated carbocycles. The van der Waals surface area contributed by atoms with Crippen LogP contribution in [0.2, 0.25) is 0 Å². The molecule has 1 fully saturated rings. The average Bonchev–Trinajstić information content (AvgIpc) is 2.91. The van der Waals surface area contributed by atoms with E-state index in [1.165, 1.54) is 11.1 Å². The number of fused-ring (bicyclic) bond motifs is 1. The molecule has 0 radical (unpaired) electrons. The predicted octanol–water partition coefficient (Wildman–Crippen LogP) is 2.41. The van der Waals surface area contributed by atoms with Crippen LogP contribution >= 0.6 is 0 Å². The highest BCUT2D eigenvalue weighted by molar-refractivity contribution is 5.75. The van der Waals surface area contributed by atoms with Gasteiger partial charge in [0.2, 0.25) is 0 Å². The Morgan fingerprint density at radius 2 is 2.08 bits per heavy atom. The summed E-state index contributed by atoms with van der Waals surface area (Å²) in [6, 6.07) is 8.71. The summed E-state index contributed by atoms with van der Waals surface area (Å²) in [5.74, 6) is 1.11. The fourth-order valence-electron chi connectivity index (χ4n) is 3.60. The van der Waals surface area contributed by atoms with Gasteiger partial charge in [-0.15, -0.1) is 0 Å². The van der Waals surface area contributed by atoms with E-state index in [0.29, 0.717) is 6.04 Å². The Bertz CT molecular complexity index is 732. The molecule has 1 aromatic heterocycles. The fourth-order valence-corrected chi connectivity index (χ4v) is 3.60. The zero-order valence-electron chi connectivity index (χ0n) is 15.6. The first-order valence-electron chi connectivity index (χ1n) is 9.19. The summed E-state index contributed by atoms with van der Waals surface area (Å²) in [5.41, 5.74) is 3.60. The lowest BCUT2D eigenvalue weighted by molar-refractivity contribution is 0.0619. The van der Waals surface area contributed by atoms with Crippen LogP contribution < -0.4 is 0 Å². The minimum absolute atomic E-state index is 0.246. The zero-order valence-corrected chi connectivity index (χ0v) is 15.6. The Labute approximate surface area is 150 Å². The van der Waals surface area contributed by atoms with Crippen LogP contribution in [0.25, 0.3) is 11.0 Å². The third kappa shape index (κ3) is 4.29. The molecular weight excluding hydrogens is 312 g/mol. The summed E-state index contributed by atoms with van der Waals surface area (Å²) < 4.78 is 2.20. The Morgan fingerprint density at radius 1 is 1.28 bits per heavy atom. The second kappa shape index (κ2) is 8.13. The van der Waals surface area contributed by atoms with Crippen LogP contribution in [0.4, 0.5) is 0 Å². The van der Waals surface area contributed by atoms with Gasteiger partial charge in [0.25, 0.3) is 0 Å². The number of rotatable bonds is 6. The molecule has 3 rings (SSSR count). The van der Waals surface area contributed by atoms with Gasteiger partial charge in [0, 0.05) is 45.9 Å². The lowest BCUT2D eigenvalue weighted by Crippen LogP contribution is -2.53. The van der Waals surface area contributed by atoms with E-state index >= 15 is 0 Å². The third-order valence-corrected chi connectivity index (χ3v) is 5.13. The predicted molar refractivity (Wildman–Crippen MR) is 102 cm³/mol. The maximum absolute atomic E-state index is 9.45. The summed E-state index contributed by atoms with van der Waals surface area (Å²) in [6.45, 7) is 9.44. The van der Waals surface area contributed by atoms with Gasteiger partial charge in [-0.25, -0.2) is 4.98 Å². The van der Waals surface area contributed by atoms with Gasteiger partial charge < -0.3 is 9.67 Å². The van der Waals surface area contributed by atoms with Crippen LogP contribution in [0, 0.1) is 0 Å². The van der Waals surface area contributed by atoms with Gasteiger partial charge in [-0.3, -0.25) is 9.80 Å². The maximum atomic E-state index is 9.45. The van der Waals surface area contributed by atoms with Crippen LogP contribution in [0.1, 0.15) is 26.1 Å². The lowest BCUT2D eigenvalue weighted by Gasteiger charge is -2.41. The van der Waals surface area contributed by atoms with Gasteiger partial charge in [0.15, 0.2) is 0 Å². The van der Waals surface area contributed by atoms with E-state index in [1.54, 1.807) is 0 Å². The van der Waals surface area contributed by atoms with Crippen molar-refractivity contribution < 1.29 is 5.11 Å². The molecule has 1 N–H and O–H groups in total. The molecule has 1 aliphatic heterocycles. The largest absolute Gasteiger partial charge is 0.396 e. The number of imidazole rings is 1. The molecule has 0 aliphatic carbocycles. The summed E-state index contributed by atoms with van der Waals surface area (Å²) in [4.78, 5) is 9.77. The number of piperazine rings is 1. The van der Waals surface area contributed by atoms with Crippen molar-refractivity contribution in [3.05, 3.63) is 41.7 Å². The first kappa shape index (κ1) is 18.1. The van der Waals surface area contributed by atoms with E-state index in [1.807, 2.05) is 6.07 Å². The molecule has 25 heavy (non-hydrogen) atoms. The summed E-state index contributed by atoms with van der Waals surface area (Å²) in [7, 11) is 2.10. The van der Waals surface area contributed by atoms with Crippen LogP contribution in [0.5, 0.6) is 0 Å². The molecule has 1 atom stereocenters. The molecule has 0 spiro atoms. The van der Waals surface area contributed by atoms with Crippen molar-refractivity contribution in [3.8, 4) is 0 Å². The molecule has 1 saturated heterocycles. The number of aryl methyl sites for hydroxylation is 1. The maximum Gasteiger partial charge on any atom is 0.123 e. The highest BCUT2D eigenvalue weighted by Gasteiger charge is 2.26. The lowest BCUT2D eigenvalue weighted by atomic mass is 10.1. The monoisotopic (exact) mass is 342 g/mol. The van der Waals surface area contributed by atoms with E-state index in [9.17, 15) is 5.11 Å². The highest BCUT2D eigenvalue weighted by atomic mass is 16.3. The van der Waals surface area contributed by atoms with Crippen LogP contribution in [0.3, 0.4) is 0 Å². The Kier molecular flexibility index (Phi) is 5.89. The minimum atomic E-state index is 0.246. The van der Waals surface area contributed by atoms with E-state index in [0.717, 1.165) is 50.5 Å². The van der Waals surface area contributed by atoms with Crippen molar-refractivity contribution in [1.82, 2.24) is 19.4 Å². The quantitative estimate of drug-likeness (QED) is 0.819. The first-order valence-corrected chi connectivity index (χ1v) is 9.19. The van der Waals surface area contributed by atoms with Crippen LogP contribution in [-0.2, 0) is 13.6 Å². The van der Waals surface area contributed by atoms with Crippen molar-refractivity contribution in [2.24, 2.45) is 7.05 Å². The molecule has 1 aromatic carbocycles. The van der Waals surface area contributed by atoms with Crippen LogP contribution in [0.15, 0.2) is 35.9 Å². The number of allylic oxidation sites excluding steroid dienone is 1. The molecule has 5 heteroatoms. The van der Waals surface area contributed by atoms with E-state index in [4.69, 9.17) is 4.98 Å². The summed E-state index contributed by atoms with van der Waals surface area (Å²) >= 11 is 0. The molecular formula is C20H30N4O. The average molecular weight is 342 g/mol. The number of aliphatic hydroxyl groups is 1. The van der Waals surface area contributed by atoms with Gasteiger partial charge in [0.05, 0.1) is 17.6 Å². The molecule has 1 aliphatic rings. The molecule has 0 unspecified atom stereocenters. The molecule has 0 amide bonds. The third-order valence-electron chi connectivity index (χ3n) is 5.13. The molecule has 2 heterocycles. The summed E-state index contributed by atoms with van der Waals surface area (Å²) in [6.07, 6.45) is 3.11. The number of nitrogens with zero attached hydrogens (tertiary/aromatic N) is 4. The van der Waals surface area contributed by atoms with Crippen LogP contribution in [-0.4, -0.2) is 63.3 Å². The van der Waals surface area contributed by atoms with Crippen molar-refractivity contribution in [3.63, 3.8) is 0 Å². The number of hydrogen-bond donors (Lipinski definition) is 1. The van der Waals surface area contributed by atoms with Gasteiger partial charge in [-0.05, 0) is 32.4 Å². The minimum Gasteiger partial charge on any atom is -0.396 e. The van der Waals surface area contributed by atoms with E-state index in [-0.39, 0.29) is 6.61 Å². The fraction of sp³-hybridized carbons (Fsp3) is 0.550. The van der Waals surface area contributed by atoms with E-state index < -0.39 is 0 Å². The van der Waals surface area contributed by atoms with Crippen molar-refractivity contribution in [1.29, 1.82) is 0 Å². The highest BCUT2D eigenvalue weighted by Crippen LogP contribution is 2.19. The normalized spacial score (nSPS) is 19.4. The molecule has 0 bridgehead atoms. The Hall–Kier alpha value is -1.69. The second-order valence-corrected chi connectivity index (χ2v) is 7.25. The number of aliphatic hydroxyl groups excluding tert-OH is 1. The molecule has 136 valence electrons. The van der Waals surface area contributed by atoms with Gasteiger partial charge >= 0.3 is 0 Å². The number of aromatic nitrogens is 2. The standard InChI is InChI=1S/C20H30N4O/c1-16(2)8-10-24-12-11-23(14-17(24)9-13-25)15-20-21-18-6-4-5-7-19(18)22(20)3/h4-8,17,25H,9-15H2,1-3H3/t17-/m0/s1. The van der Waals surface area contributed by atoms with Crippen molar-refractivity contribution >= 4 is 11.0 Å². The van der Waals surface area contributed by atoms with Gasteiger partial charge in [-0.1, -0.05) is 23.8 Å². The Balaban J connectivity index is 1.69. The molecule has 2 aromatic rings. The first-order chi connectivity index (χ1) is 12.1. The smallest absolute Gasteiger partial charge is 0.123 e. The zero-order chi connectivity index (χ0) is 17.8. The number of hydrogen-bond acceptors (Lipinski definition) is 4. The van der Waals surface area contributed by atoms with Crippen molar-refractivity contribution in [2.75, 3.05) is 32.8 Å². The Morgan fingerprint density at radius 3 is 2.80 bits per heavy atom. The van der Waals surface area contributed by atoms with Gasteiger partial charge in [-0.2, -0.15) is 0 Å². The molecule has 5 nitrogen and oxygen atoms in total. The number of para-hydroxylation sites is 2. The SMILES string of the molecule is CC(C)=CCN1CCN(Cc2nc3ccccc3n2C)C[C@@H]1CCO. The van der Waals surface area contributed by atoms with Gasteiger partial charge in [0.1, 0.15) is 5.82 Å². The summed E-state index contributed by atoms with van der Waals surface area (Å²) in [5, 5.41) is 9.45. The number of benzene rings is 1. The van der Waals surface area contributed by atoms with E-state index in [2.05, 4.69) is 59.5 Å². The topological polar surface area (TPSA) is 44.5 Å². The second-order valence-electron chi connectivity index (χ2n) is 7.25. The van der Waals surface area contributed by atoms with Crippen molar-refractivity contribution in [2.45, 2.75) is 32.9 Å².